The summed E-state index contributed by atoms with van der Waals surface area (Å²) in [5.41, 5.74) is 0. The lowest BCUT2D eigenvalue weighted by Gasteiger charge is -2.34. The number of aliphatic hydroxyl groups excluding tert-OH is 1. The molecule has 21 heavy (non-hydrogen) atoms. The highest BCUT2D eigenvalue weighted by molar-refractivity contribution is 5.74. The van der Waals surface area contributed by atoms with Gasteiger partial charge in [-0.3, -0.25) is 0 Å². The molecule has 0 bridgehead atoms. The summed E-state index contributed by atoms with van der Waals surface area (Å²) in [6.07, 6.45) is 1.69. The molecule has 0 aliphatic carbocycles. The average molecular weight is 297 g/mol. The summed E-state index contributed by atoms with van der Waals surface area (Å²) in [5.74, 6) is 1.57. The van der Waals surface area contributed by atoms with Crippen LogP contribution in [0.25, 0.3) is 0 Å². The summed E-state index contributed by atoms with van der Waals surface area (Å²) in [6, 6.07) is -0.0109. The summed E-state index contributed by atoms with van der Waals surface area (Å²) in [5, 5.41) is 12.9. The molecule has 2 rings (SSSR count). The van der Waals surface area contributed by atoms with Crippen LogP contribution in [0.15, 0.2) is 0 Å². The van der Waals surface area contributed by atoms with Crippen molar-refractivity contribution < 1.29 is 9.90 Å². The maximum absolute atomic E-state index is 12.2. The van der Waals surface area contributed by atoms with Crippen molar-refractivity contribution in [1.29, 1.82) is 0 Å². The first-order chi connectivity index (χ1) is 9.95. The number of urea groups is 1. The topological polar surface area (TPSA) is 55.8 Å². The fourth-order valence-electron chi connectivity index (χ4n) is 3.34. The number of carbonyl (C=O) groups is 1. The van der Waals surface area contributed by atoms with Crippen molar-refractivity contribution in [2.75, 3.05) is 39.3 Å². The second-order valence-corrected chi connectivity index (χ2v) is 7.27. The Hall–Kier alpha value is -0.810. The van der Waals surface area contributed by atoms with Crippen LogP contribution in [-0.4, -0.2) is 66.3 Å². The molecule has 0 saturated carbocycles. The van der Waals surface area contributed by atoms with Crippen LogP contribution in [0.4, 0.5) is 4.79 Å². The summed E-state index contributed by atoms with van der Waals surface area (Å²) >= 11 is 0. The van der Waals surface area contributed by atoms with Crippen molar-refractivity contribution in [3.8, 4) is 0 Å². The number of nitrogens with one attached hydrogen (secondary N) is 1. The summed E-state index contributed by atoms with van der Waals surface area (Å²) < 4.78 is 0. The minimum atomic E-state index is -0.377. The van der Waals surface area contributed by atoms with Crippen LogP contribution in [0.2, 0.25) is 0 Å². The molecular formula is C16H31N3O2. The lowest BCUT2D eigenvalue weighted by molar-refractivity contribution is 0.0434. The molecule has 2 saturated heterocycles. The van der Waals surface area contributed by atoms with E-state index in [1.807, 2.05) is 6.92 Å². The van der Waals surface area contributed by atoms with Gasteiger partial charge in [-0.1, -0.05) is 20.8 Å². The first-order valence-electron chi connectivity index (χ1n) is 8.39. The fourth-order valence-corrected chi connectivity index (χ4v) is 3.34. The number of aliphatic hydroxyl groups is 1. The van der Waals surface area contributed by atoms with Crippen LogP contribution in [0, 0.1) is 17.8 Å². The molecule has 3 unspecified atom stereocenters. The molecule has 0 spiro atoms. The summed E-state index contributed by atoms with van der Waals surface area (Å²) in [4.78, 5) is 16.4. The van der Waals surface area contributed by atoms with Crippen molar-refractivity contribution in [1.82, 2.24) is 15.1 Å². The monoisotopic (exact) mass is 297 g/mol. The number of hydrogen-bond acceptors (Lipinski definition) is 3. The van der Waals surface area contributed by atoms with E-state index in [0.29, 0.717) is 24.3 Å². The molecule has 5 nitrogen and oxygen atoms in total. The highest BCUT2D eigenvalue weighted by atomic mass is 16.3. The van der Waals surface area contributed by atoms with E-state index in [4.69, 9.17) is 0 Å². The van der Waals surface area contributed by atoms with Gasteiger partial charge in [-0.15, -0.1) is 0 Å². The Morgan fingerprint density at radius 2 is 2.05 bits per heavy atom. The molecule has 2 N–H and O–H groups in total. The largest absolute Gasteiger partial charge is 0.391 e. The predicted octanol–water partition coefficient (Wildman–Crippen LogP) is 1.38. The van der Waals surface area contributed by atoms with Crippen molar-refractivity contribution in [2.24, 2.45) is 17.8 Å². The zero-order valence-electron chi connectivity index (χ0n) is 13.7. The first-order valence-corrected chi connectivity index (χ1v) is 8.39. The predicted molar refractivity (Wildman–Crippen MR) is 84.1 cm³/mol. The van der Waals surface area contributed by atoms with E-state index in [-0.39, 0.29) is 12.1 Å². The van der Waals surface area contributed by atoms with Gasteiger partial charge in [0.1, 0.15) is 0 Å². The van der Waals surface area contributed by atoms with Crippen molar-refractivity contribution >= 4 is 6.03 Å². The average Bonchev–Trinajstić information content (AvgIpc) is 2.86. The first kappa shape index (κ1) is 16.6. The Bertz CT molecular complexity index is 348. The molecule has 0 radical (unpaired) electrons. The Kier molecular flexibility index (Phi) is 5.88. The van der Waals surface area contributed by atoms with Gasteiger partial charge in [0.2, 0.25) is 0 Å². The van der Waals surface area contributed by atoms with Crippen molar-refractivity contribution in [2.45, 2.75) is 39.7 Å². The van der Waals surface area contributed by atoms with E-state index >= 15 is 0 Å². The molecule has 0 aromatic carbocycles. The molecule has 2 heterocycles. The van der Waals surface area contributed by atoms with Gasteiger partial charge < -0.3 is 20.2 Å². The number of β-amino-alcohol motifs (C(OH)–C–C–N with tert-alkyl or cyclic N) is 1. The zero-order chi connectivity index (χ0) is 15.4. The van der Waals surface area contributed by atoms with Gasteiger partial charge in [0, 0.05) is 32.7 Å². The lowest BCUT2D eigenvalue weighted by atomic mass is 9.96. The quantitative estimate of drug-likeness (QED) is 0.824. The van der Waals surface area contributed by atoms with E-state index < -0.39 is 0 Å². The second kappa shape index (κ2) is 7.45. The molecule has 0 aromatic heterocycles. The number of amides is 2. The Balaban J connectivity index is 1.68. The standard InChI is InChI=1S/C16H31N3O2/c1-12(2)9-18-6-5-14(10-18)8-17-16(21)19-7-4-13(3)15(20)11-19/h12-15,20H,4-11H2,1-3H3,(H,17,21). The normalized spacial score (nSPS) is 30.9. The minimum absolute atomic E-state index is 0.0109. The molecule has 2 fully saturated rings. The van der Waals surface area contributed by atoms with Crippen LogP contribution in [0.1, 0.15) is 33.6 Å². The van der Waals surface area contributed by atoms with E-state index in [0.717, 1.165) is 39.1 Å². The number of likely N-dealkylation sites (tertiary alicyclic amines) is 2. The maximum Gasteiger partial charge on any atom is 0.317 e. The Morgan fingerprint density at radius 1 is 1.29 bits per heavy atom. The molecule has 2 aliphatic rings. The number of hydrogen-bond donors (Lipinski definition) is 2. The van der Waals surface area contributed by atoms with E-state index in [2.05, 4.69) is 24.1 Å². The smallest absolute Gasteiger partial charge is 0.317 e. The van der Waals surface area contributed by atoms with Crippen LogP contribution < -0.4 is 5.32 Å². The minimum Gasteiger partial charge on any atom is -0.391 e. The molecule has 5 heteroatoms. The number of rotatable bonds is 4. The van der Waals surface area contributed by atoms with Gasteiger partial charge in [0.15, 0.2) is 0 Å². The van der Waals surface area contributed by atoms with Crippen LogP contribution in [0.3, 0.4) is 0 Å². The maximum atomic E-state index is 12.2. The Labute approximate surface area is 128 Å². The van der Waals surface area contributed by atoms with Crippen LogP contribution in [-0.2, 0) is 0 Å². The molecule has 0 aromatic rings. The number of carbonyl (C=O) groups excluding carboxylic acids is 1. The third-order valence-corrected chi connectivity index (χ3v) is 4.74. The second-order valence-electron chi connectivity index (χ2n) is 7.27. The van der Waals surface area contributed by atoms with Gasteiger partial charge in [-0.25, -0.2) is 4.79 Å². The van der Waals surface area contributed by atoms with Gasteiger partial charge in [0.25, 0.3) is 0 Å². The third kappa shape index (κ3) is 4.85. The third-order valence-electron chi connectivity index (χ3n) is 4.74. The number of nitrogens with zero attached hydrogens (tertiary/aromatic N) is 2. The molecule has 3 atom stereocenters. The van der Waals surface area contributed by atoms with E-state index in [1.165, 1.54) is 6.42 Å². The Morgan fingerprint density at radius 3 is 2.71 bits per heavy atom. The van der Waals surface area contributed by atoms with Crippen molar-refractivity contribution in [3.05, 3.63) is 0 Å². The van der Waals surface area contributed by atoms with Crippen LogP contribution in [0.5, 0.6) is 0 Å². The molecule has 2 amide bonds. The summed E-state index contributed by atoms with van der Waals surface area (Å²) in [7, 11) is 0. The van der Waals surface area contributed by atoms with Crippen LogP contribution >= 0.6 is 0 Å². The highest BCUT2D eigenvalue weighted by Gasteiger charge is 2.28. The molecular weight excluding hydrogens is 266 g/mol. The van der Waals surface area contributed by atoms with Gasteiger partial charge in [-0.2, -0.15) is 0 Å². The van der Waals surface area contributed by atoms with Crippen molar-refractivity contribution in [3.63, 3.8) is 0 Å². The lowest BCUT2D eigenvalue weighted by Crippen LogP contribution is -2.50. The van der Waals surface area contributed by atoms with E-state index in [1.54, 1.807) is 4.90 Å². The zero-order valence-corrected chi connectivity index (χ0v) is 13.7. The van der Waals surface area contributed by atoms with Gasteiger partial charge in [0.05, 0.1) is 6.10 Å². The van der Waals surface area contributed by atoms with Gasteiger partial charge >= 0.3 is 6.03 Å². The molecule has 122 valence electrons. The van der Waals surface area contributed by atoms with E-state index in [9.17, 15) is 9.90 Å². The summed E-state index contributed by atoms with van der Waals surface area (Å²) in [6.45, 7) is 11.9. The highest BCUT2D eigenvalue weighted by Crippen LogP contribution is 2.18. The number of piperidine rings is 1. The SMILES string of the molecule is CC(C)CN1CCC(CNC(=O)N2CCC(C)C(O)C2)C1. The fraction of sp³-hybridized carbons (Fsp3) is 0.938. The molecule has 2 aliphatic heterocycles. The van der Waals surface area contributed by atoms with Gasteiger partial charge in [-0.05, 0) is 37.1 Å².